The van der Waals surface area contributed by atoms with Crippen LogP contribution in [0, 0.1) is 0 Å². The van der Waals surface area contributed by atoms with Crippen molar-refractivity contribution in [3.8, 4) is 0 Å². The number of rotatable bonds is 6. The summed E-state index contributed by atoms with van der Waals surface area (Å²) in [5, 5.41) is 3.00. The lowest BCUT2D eigenvalue weighted by molar-refractivity contribution is -0.134. The summed E-state index contributed by atoms with van der Waals surface area (Å²) in [5.74, 6) is 0.146. The van der Waals surface area contributed by atoms with Crippen LogP contribution in [0.3, 0.4) is 0 Å². The first-order chi connectivity index (χ1) is 10.6. The fourth-order valence-corrected chi connectivity index (χ4v) is 3.33. The number of allylic oxidation sites excluding steroid dienone is 1. The smallest absolute Gasteiger partial charge is 0.239 e. The van der Waals surface area contributed by atoms with Crippen molar-refractivity contribution in [1.82, 2.24) is 15.1 Å². The van der Waals surface area contributed by atoms with E-state index in [4.69, 9.17) is 0 Å². The first-order valence-corrected chi connectivity index (χ1v) is 8.47. The van der Waals surface area contributed by atoms with Crippen LogP contribution in [0.1, 0.15) is 44.9 Å². The number of nitrogens with one attached hydrogen (secondary N) is 1. The molecule has 124 valence electrons. The second kappa shape index (κ2) is 8.32. The Bertz CT molecular complexity index is 432. The summed E-state index contributed by atoms with van der Waals surface area (Å²) in [6.45, 7) is 1.89. The molecule has 0 aromatic heterocycles. The van der Waals surface area contributed by atoms with Crippen LogP contribution in [0.25, 0.3) is 0 Å². The van der Waals surface area contributed by atoms with Gasteiger partial charge in [0.25, 0.3) is 0 Å². The monoisotopic (exact) mass is 307 g/mol. The van der Waals surface area contributed by atoms with Crippen LogP contribution < -0.4 is 5.32 Å². The van der Waals surface area contributed by atoms with E-state index in [1.165, 1.54) is 31.3 Å². The highest BCUT2D eigenvalue weighted by atomic mass is 16.2. The summed E-state index contributed by atoms with van der Waals surface area (Å²) in [4.78, 5) is 27.8. The van der Waals surface area contributed by atoms with Crippen LogP contribution in [0.2, 0.25) is 0 Å². The Kier molecular flexibility index (Phi) is 6.43. The second-order valence-electron chi connectivity index (χ2n) is 6.57. The maximum absolute atomic E-state index is 12.1. The zero-order valence-electron chi connectivity index (χ0n) is 13.9. The molecule has 22 heavy (non-hydrogen) atoms. The quantitative estimate of drug-likeness (QED) is 0.758. The number of nitrogens with zero attached hydrogens (tertiary/aromatic N) is 2. The molecule has 1 N–H and O–H groups in total. The standard InChI is InChI=1S/C17H29N3O2/c1-19(2)17(22)15-9-6-12-20(15)13-16(21)18-11-10-14-7-4-3-5-8-14/h7,15H,3-6,8-13H2,1-2H3,(H,18,21). The molecule has 1 saturated heterocycles. The van der Waals surface area contributed by atoms with Gasteiger partial charge >= 0.3 is 0 Å². The maximum Gasteiger partial charge on any atom is 0.239 e. The minimum Gasteiger partial charge on any atom is -0.355 e. The lowest BCUT2D eigenvalue weighted by Crippen LogP contribution is -2.46. The van der Waals surface area contributed by atoms with Gasteiger partial charge in [-0.2, -0.15) is 0 Å². The molecule has 2 aliphatic rings. The lowest BCUT2D eigenvalue weighted by atomic mass is 9.97. The van der Waals surface area contributed by atoms with Gasteiger partial charge in [-0.1, -0.05) is 11.6 Å². The minimum absolute atomic E-state index is 0.0369. The summed E-state index contributed by atoms with van der Waals surface area (Å²) < 4.78 is 0. The first-order valence-electron chi connectivity index (χ1n) is 8.47. The lowest BCUT2D eigenvalue weighted by Gasteiger charge is -2.25. The molecule has 2 amide bonds. The highest BCUT2D eigenvalue weighted by Crippen LogP contribution is 2.20. The van der Waals surface area contributed by atoms with Crippen LogP contribution in [0.4, 0.5) is 0 Å². The molecule has 5 nitrogen and oxygen atoms in total. The van der Waals surface area contributed by atoms with Crippen molar-refractivity contribution in [3.63, 3.8) is 0 Å². The van der Waals surface area contributed by atoms with E-state index in [9.17, 15) is 9.59 Å². The van der Waals surface area contributed by atoms with E-state index < -0.39 is 0 Å². The average Bonchev–Trinajstić information content (AvgIpc) is 2.95. The van der Waals surface area contributed by atoms with Crippen LogP contribution in [-0.2, 0) is 9.59 Å². The van der Waals surface area contributed by atoms with Crippen LogP contribution in [0.15, 0.2) is 11.6 Å². The molecule has 1 aliphatic heterocycles. The van der Waals surface area contributed by atoms with Crippen molar-refractivity contribution in [2.24, 2.45) is 0 Å². The Morgan fingerprint density at radius 2 is 2.14 bits per heavy atom. The van der Waals surface area contributed by atoms with E-state index in [2.05, 4.69) is 11.4 Å². The molecule has 1 unspecified atom stereocenters. The SMILES string of the molecule is CN(C)C(=O)C1CCCN1CC(=O)NCCC1=CCCCC1. The Morgan fingerprint density at radius 1 is 1.32 bits per heavy atom. The number of carbonyl (C=O) groups is 2. The molecule has 0 saturated carbocycles. The number of likely N-dealkylation sites (N-methyl/N-ethyl adjacent to an activating group) is 1. The Labute approximate surface area is 133 Å². The van der Waals surface area contributed by atoms with Gasteiger partial charge in [0, 0.05) is 20.6 Å². The van der Waals surface area contributed by atoms with Crippen LogP contribution in [0.5, 0.6) is 0 Å². The molecule has 5 heteroatoms. The molecule has 0 radical (unpaired) electrons. The molecule has 1 aliphatic carbocycles. The van der Waals surface area contributed by atoms with E-state index in [0.29, 0.717) is 13.1 Å². The van der Waals surface area contributed by atoms with Gasteiger partial charge in [0.2, 0.25) is 11.8 Å². The molecule has 0 aromatic carbocycles. The van der Waals surface area contributed by atoms with Gasteiger partial charge < -0.3 is 10.2 Å². The Balaban J connectivity index is 1.71. The number of hydrogen-bond acceptors (Lipinski definition) is 3. The molecule has 1 fully saturated rings. The molecule has 0 bridgehead atoms. The third kappa shape index (κ3) is 4.83. The summed E-state index contributed by atoms with van der Waals surface area (Å²) >= 11 is 0. The van der Waals surface area contributed by atoms with Crippen molar-refractivity contribution in [1.29, 1.82) is 0 Å². The molecular formula is C17H29N3O2. The fourth-order valence-electron chi connectivity index (χ4n) is 3.33. The van der Waals surface area contributed by atoms with Gasteiger partial charge in [0.05, 0.1) is 12.6 Å². The van der Waals surface area contributed by atoms with Crippen LogP contribution >= 0.6 is 0 Å². The highest BCUT2D eigenvalue weighted by Gasteiger charge is 2.32. The second-order valence-corrected chi connectivity index (χ2v) is 6.57. The van der Waals surface area contributed by atoms with Gasteiger partial charge in [-0.3, -0.25) is 14.5 Å². The van der Waals surface area contributed by atoms with E-state index in [0.717, 1.165) is 25.8 Å². The molecule has 2 rings (SSSR count). The van der Waals surface area contributed by atoms with E-state index in [-0.39, 0.29) is 17.9 Å². The minimum atomic E-state index is -0.123. The van der Waals surface area contributed by atoms with Gasteiger partial charge in [0.1, 0.15) is 0 Å². The van der Waals surface area contributed by atoms with Crippen molar-refractivity contribution in [2.45, 2.75) is 51.0 Å². The van der Waals surface area contributed by atoms with E-state index >= 15 is 0 Å². The molecule has 1 heterocycles. The van der Waals surface area contributed by atoms with E-state index in [1.54, 1.807) is 19.0 Å². The number of carbonyl (C=O) groups excluding carboxylic acids is 2. The van der Waals surface area contributed by atoms with Crippen molar-refractivity contribution in [3.05, 3.63) is 11.6 Å². The summed E-state index contributed by atoms with van der Waals surface area (Å²) in [5.41, 5.74) is 1.48. The Hall–Kier alpha value is -1.36. The fraction of sp³-hybridized carbons (Fsp3) is 0.765. The van der Waals surface area contributed by atoms with Crippen molar-refractivity contribution < 1.29 is 9.59 Å². The van der Waals surface area contributed by atoms with Crippen LogP contribution in [-0.4, -0.2) is 61.4 Å². The number of amides is 2. The van der Waals surface area contributed by atoms with Crippen molar-refractivity contribution in [2.75, 3.05) is 33.7 Å². The maximum atomic E-state index is 12.1. The zero-order chi connectivity index (χ0) is 15.9. The average molecular weight is 307 g/mol. The summed E-state index contributed by atoms with van der Waals surface area (Å²) in [6.07, 6.45) is 10.1. The molecule has 0 spiro atoms. The molecule has 0 aromatic rings. The van der Waals surface area contributed by atoms with Crippen molar-refractivity contribution >= 4 is 11.8 Å². The van der Waals surface area contributed by atoms with Gasteiger partial charge in [-0.25, -0.2) is 0 Å². The normalized spacial score (nSPS) is 22.3. The number of likely N-dealkylation sites (tertiary alicyclic amines) is 1. The topological polar surface area (TPSA) is 52.7 Å². The van der Waals surface area contributed by atoms with E-state index in [1.807, 2.05) is 4.90 Å². The van der Waals surface area contributed by atoms with Gasteiger partial charge in [0.15, 0.2) is 0 Å². The van der Waals surface area contributed by atoms with Gasteiger partial charge in [-0.15, -0.1) is 0 Å². The number of hydrogen-bond donors (Lipinski definition) is 1. The van der Waals surface area contributed by atoms with Gasteiger partial charge in [-0.05, 0) is 51.5 Å². The predicted molar refractivity (Wildman–Crippen MR) is 87.5 cm³/mol. The summed E-state index contributed by atoms with van der Waals surface area (Å²) in [6, 6.07) is -0.123. The predicted octanol–water partition coefficient (Wildman–Crippen LogP) is 1.55. The zero-order valence-corrected chi connectivity index (χ0v) is 13.9. The molecular weight excluding hydrogens is 278 g/mol. The third-order valence-corrected chi connectivity index (χ3v) is 4.59. The highest BCUT2D eigenvalue weighted by molar-refractivity contribution is 5.83. The first kappa shape index (κ1) is 17.0. The molecule has 1 atom stereocenters. The largest absolute Gasteiger partial charge is 0.355 e. The Morgan fingerprint density at radius 3 is 2.82 bits per heavy atom. The summed E-state index contributed by atoms with van der Waals surface area (Å²) in [7, 11) is 3.55. The third-order valence-electron chi connectivity index (χ3n) is 4.59.